The molecule has 0 bridgehead atoms. The summed E-state index contributed by atoms with van der Waals surface area (Å²) in [5.74, 6) is 0. The Labute approximate surface area is 118 Å². The minimum Gasteiger partial charge on any atom is -0.348 e. The summed E-state index contributed by atoms with van der Waals surface area (Å²) in [6, 6.07) is 6.73. The van der Waals surface area contributed by atoms with E-state index in [1.54, 1.807) is 24.7 Å². The van der Waals surface area contributed by atoms with Gasteiger partial charge in [-0.2, -0.15) is 0 Å². The van der Waals surface area contributed by atoms with Crippen LogP contribution in [-0.2, 0) is 16.4 Å². The Balaban J connectivity index is 1.90. The molecule has 0 amide bonds. The van der Waals surface area contributed by atoms with Crippen molar-refractivity contribution >= 4 is 10.0 Å². The van der Waals surface area contributed by atoms with Crippen molar-refractivity contribution < 1.29 is 8.42 Å². The molecular weight excluding hydrogens is 276 g/mol. The summed E-state index contributed by atoms with van der Waals surface area (Å²) < 4.78 is 22.3. The average Bonchev–Trinajstić information content (AvgIpc) is 2.91. The van der Waals surface area contributed by atoms with E-state index < -0.39 is 10.0 Å². The minimum absolute atomic E-state index is 0.130. The van der Waals surface area contributed by atoms with E-state index in [1.165, 1.54) is 12.1 Å². The molecular formula is C13H18N4O2S. The number of aromatic nitrogens is 2. The maximum atomic E-state index is 11.2. The normalized spacial score (nSPS) is 13.3. The van der Waals surface area contributed by atoms with Crippen molar-refractivity contribution in [3.8, 4) is 0 Å². The molecule has 4 N–H and O–H groups in total. The highest BCUT2D eigenvalue weighted by Crippen LogP contribution is 2.15. The van der Waals surface area contributed by atoms with Gasteiger partial charge in [0.15, 0.2) is 0 Å². The third kappa shape index (κ3) is 3.89. The second-order valence-corrected chi connectivity index (χ2v) is 6.18. The molecule has 108 valence electrons. The Morgan fingerprint density at radius 3 is 2.60 bits per heavy atom. The highest BCUT2D eigenvalue weighted by molar-refractivity contribution is 7.89. The van der Waals surface area contributed by atoms with Crippen molar-refractivity contribution in [3.63, 3.8) is 0 Å². The SMILES string of the molecule is CC(NCCc1cnc[nH]1)c1ccc(S(N)(=O)=O)cc1. The zero-order valence-electron chi connectivity index (χ0n) is 11.2. The van der Waals surface area contributed by atoms with Gasteiger partial charge in [0.2, 0.25) is 10.0 Å². The Hall–Kier alpha value is -1.70. The number of rotatable bonds is 6. The smallest absolute Gasteiger partial charge is 0.238 e. The van der Waals surface area contributed by atoms with Crippen LogP contribution in [0.15, 0.2) is 41.7 Å². The highest BCUT2D eigenvalue weighted by Gasteiger charge is 2.09. The molecule has 1 aromatic heterocycles. The first-order valence-electron chi connectivity index (χ1n) is 6.30. The number of nitrogens with zero attached hydrogens (tertiary/aromatic N) is 1. The molecule has 0 spiro atoms. The van der Waals surface area contributed by atoms with E-state index in [0.29, 0.717) is 0 Å². The summed E-state index contributed by atoms with van der Waals surface area (Å²) in [7, 11) is -3.62. The maximum absolute atomic E-state index is 11.2. The number of nitrogens with two attached hydrogens (primary N) is 1. The van der Waals surface area contributed by atoms with E-state index in [1.807, 2.05) is 6.92 Å². The first-order chi connectivity index (χ1) is 9.47. The Kier molecular flexibility index (Phi) is 4.53. The molecule has 0 fully saturated rings. The Morgan fingerprint density at radius 1 is 1.35 bits per heavy atom. The summed E-state index contributed by atoms with van der Waals surface area (Å²) in [6.07, 6.45) is 4.32. The van der Waals surface area contributed by atoms with Gasteiger partial charge in [0.1, 0.15) is 0 Å². The molecule has 0 saturated heterocycles. The van der Waals surface area contributed by atoms with Crippen LogP contribution < -0.4 is 10.5 Å². The van der Waals surface area contributed by atoms with Gasteiger partial charge in [-0.15, -0.1) is 0 Å². The van der Waals surface area contributed by atoms with Gasteiger partial charge in [-0.05, 0) is 24.6 Å². The number of hydrogen-bond acceptors (Lipinski definition) is 4. The number of primary sulfonamides is 1. The van der Waals surface area contributed by atoms with Crippen molar-refractivity contribution in [2.24, 2.45) is 5.14 Å². The van der Waals surface area contributed by atoms with Crippen molar-refractivity contribution in [1.82, 2.24) is 15.3 Å². The van der Waals surface area contributed by atoms with Crippen LogP contribution in [0.2, 0.25) is 0 Å². The molecule has 0 aliphatic rings. The fraction of sp³-hybridized carbons (Fsp3) is 0.308. The summed E-state index contributed by atoms with van der Waals surface area (Å²) in [4.78, 5) is 7.13. The highest BCUT2D eigenvalue weighted by atomic mass is 32.2. The lowest BCUT2D eigenvalue weighted by Crippen LogP contribution is -2.21. The Morgan fingerprint density at radius 2 is 2.05 bits per heavy atom. The number of benzene rings is 1. The molecule has 0 saturated carbocycles. The van der Waals surface area contributed by atoms with Crippen LogP contribution in [0.4, 0.5) is 0 Å². The second-order valence-electron chi connectivity index (χ2n) is 4.62. The van der Waals surface area contributed by atoms with E-state index in [-0.39, 0.29) is 10.9 Å². The molecule has 20 heavy (non-hydrogen) atoms. The Bertz CT molecular complexity index is 636. The molecule has 1 heterocycles. The lowest BCUT2D eigenvalue weighted by atomic mass is 10.1. The fourth-order valence-electron chi connectivity index (χ4n) is 1.91. The van der Waals surface area contributed by atoms with Crippen LogP contribution in [-0.4, -0.2) is 24.9 Å². The van der Waals surface area contributed by atoms with Gasteiger partial charge >= 0.3 is 0 Å². The number of imidazole rings is 1. The monoisotopic (exact) mass is 294 g/mol. The number of hydrogen-bond donors (Lipinski definition) is 3. The van der Waals surface area contributed by atoms with Crippen LogP contribution in [0, 0.1) is 0 Å². The van der Waals surface area contributed by atoms with Gasteiger partial charge in [0.05, 0.1) is 11.2 Å². The third-order valence-electron chi connectivity index (χ3n) is 3.11. The minimum atomic E-state index is -3.62. The topological polar surface area (TPSA) is 101 Å². The van der Waals surface area contributed by atoms with E-state index in [0.717, 1.165) is 24.2 Å². The van der Waals surface area contributed by atoms with Gasteiger partial charge in [-0.1, -0.05) is 12.1 Å². The van der Waals surface area contributed by atoms with Crippen LogP contribution in [0.25, 0.3) is 0 Å². The molecule has 1 aromatic carbocycles. The quantitative estimate of drug-likeness (QED) is 0.738. The molecule has 7 heteroatoms. The molecule has 0 aliphatic carbocycles. The summed E-state index contributed by atoms with van der Waals surface area (Å²) >= 11 is 0. The average molecular weight is 294 g/mol. The molecule has 1 atom stereocenters. The first kappa shape index (κ1) is 14.7. The lowest BCUT2D eigenvalue weighted by Gasteiger charge is -2.14. The standard InChI is InChI=1S/C13H18N4O2S/c1-10(16-7-6-12-8-15-9-17-12)11-2-4-13(5-3-11)20(14,18)19/h2-5,8-10,16H,6-7H2,1H3,(H,15,17)(H2,14,18,19). The van der Waals surface area contributed by atoms with Gasteiger partial charge in [-0.25, -0.2) is 18.5 Å². The van der Waals surface area contributed by atoms with Crippen molar-refractivity contribution in [1.29, 1.82) is 0 Å². The number of nitrogens with one attached hydrogen (secondary N) is 2. The van der Waals surface area contributed by atoms with Crippen LogP contribution in [0.5, 0.6) is 0 Å². The maximum Gasteiger partial charge on any atom is 0.238 e. The predicted octanol–water partition coefficient (Wildman–Crippen LogP) is 0.950. The third-order valence-corrected chi connectivity index (χ3v) is 4.04. The van der Waals surface area contributed by atoms with Gasteiger partial charge in [-0.3, -0.25) is 0 Å². The predicted molar refractivity (Wildman–Crippen MR) is 76.5 cm³/mol. The number of H-pyrrole nitrogens is 1. The summed E-state index contributed by atoms with van der Waals surface area (Å²) in [5.41, 5.74) is 2.09. The molecule has 6 nitrogen and oxygen atoms in total. The van der Waals surface area contributed by atoms with Gasteiger partial charge in [0.25, 0.3) is 0 Å². The zero-order chi connectivity index (χ0) is 14.6. The molecule has 0 radical (unpaired) electrons. The van der Waals surface area contributed by atoms with E-state index >= 15 is 0 Å². The second kappa shape index (κ2) is 6.17. The van der Waals surface area contributed by atoms with E-state index in [2.05, 4.69) is 15.3 Å². The van der Waals surface area contributed by atoms with Gasteiger partial charge in [0, 0.05) is 30.9 Å². The van der Waals surface area contributed by atoms with E-state index in [9.17, 15) is 8.42 Å². The summed E-state index contributed by atoms with van der Waals surface area (Å²) in [6.45, 7) is 2.83. The first-order valence-corrected chi connectivity index (χ1v) is 7.85. The molecule has 2 rings (SSSR count). The molecule has 1 unspecified atom stereocenters. The van der Waals surface area contributed by atoms with Crippen LogP contribution in [0.3, 0.4) is 0 Å². The van der Waals surface area contributed by atoms with Crippen LogP contribution >= 0.6 is 0 Å². The molecule has 2 aromatic rings. The van der Waals surface area contributed by atoms with Crippen molar-refractivity contribution in [2.45, 2.75) is 24.3 Å². The van der Waals surface area contributed by atoms with Crippen molar-refractivity contribution in [2.75, 3.05) is 6.54 Å². The van der Waals surface area contributed by atoms with Crippen molar-refractivity contribution in [3.05, 3.63) is 48.0 Å². The largest absolute Gasteiger partial charge is 0.348 e. The summed E-state index contributed by atoms with van der Waals surface area (Å²) in [5, 5.41) is 8.43. The van der Waals surface area contributed by atoms with Crippen LogP contribution in [0.1, 0.15) is 24.2 Å². The van der Waals surface area contributed by atoms with Gasteiger partial charge < -0.3 is 10.3 Å². The zero-order valence-corrected chi connectivity index (χ0v) is 12.0. The number of aromatic amines is 1. The fourth-order valence-corrected chi connectivity index (χ4v) is 2.42. The lowest BCUT2D eigenvalue weighted by molar-refractivity contribution is 0.573. The molecule has 0 aliphatic heterocycles. The van der Waals surface area contributed by atoms with E-state index in [4.69, 9.17) is 5.14 Å². The number of sulfonamides is 1.